The summed E-state index contributed by atoms with van der Waals surface area (Å²) in [6, 6.07) is 9.28. The predicted molar refractivity (Wildman–Crippen MR) is 91.0 cm³/mol. The van der Waals surface area contributed by atoms with E-state index < -0.39 is 0 Å². The van der Waals surface area contributed by atoms with Crippen molar-refractivity contribution in [2.75, 3.05) is 26.3 Å². The molecule has 1 fully saturated rings. The Hall–Kier alpha value is -0.910. The lowest BCUT2D eigenvalue weighted by molar-refractivity contribution is -0.114. The minimum absolute atomic E-state index is 0.211. The van der Waals surface area contributed by atoms with Gasteiger partial charge in [0.15, 0.2) is 0 Å². The fourth-order valence-electron chi connectivity index (χ4n) is 2.55. The van der Waals surface area contributed by atoms with E-state index in [1.807, 2.05) is 24.3 Å². The highest BCUT2D eigenvalue weighted by atomic mass is 35.5. The van der Waals surface area contributed by atoms with E-state index in [-0.39, 0.29) is 6.04 Å². The summed E-state index contributed by atoms with van der Waals surface area (Å²) < 4.78 is 5.35. The number of rotatable bonds is 4. The number of hydrogen-bond acceptors (Lipinski definition) is 4. The highest BCUT2D eigenvalue weighted by molar-refractivity contribution is 7.15. The molecular formula is C16H15Cl2NO2S. The summed E-state index contributed by atoms with van der Waals surface area (Å²) in [5.41, 5.74) is 0.973. The van der Waals surface area contributed by atoms with E-state index in [0.29, 0.717) is 23.3 Å². The molecular weight excluding hydrogens is 341 g/mol. The van der Waals surface area contributed by atoms with Crippen LogP contribution in [-0.4, -0.2) is 37.5 Å². The van der Waals surface area contributed by atoms with E-state index in [1.54, 1.807) is 17.4 Å². The first-order chi connectivity index (χ1) is 10.7. The van der Waals surface area contributed by atoms with Crippen LogP contribution in [0.2, 0.25) is 10.0 Å². The number of ether oxygens (including phenoxy) is 1. The molecule has 3 rings (SSSR count). The van der Waals surface area contributed by atoms with Gasteiger partial charge in [-0.1, -0.05) is 23.2 Å². The van der Waals surface area contributed by atoms with Gasteiger partial charge >= 0.3 is 0 Å². The summed E-state index contributed by atoms with van der Waals surface area (Å²) in [7, 11) is 0. The number of aldehydes is 1. The van der Waals surface area contributed by atoms with Gasteiger partial charge in [-0.3, -0.25) is 4.90 Å². The zero-order valence-electron chi connectivity index (χ0n) is 11.8. The van der Waals surface area contributed by atoms with Crippen molar-refractivity contribution in [2.45, 2.75) is 6.04 Å². The van der Waals surface area contributed by atoms with Crippen LogP contribution in [0.4, 0.5) is 0 Å². The van der Waals surface area contributed by atoms with Gasteiger partial charge in [-0.05, 0) is 35.9 Å². The number of nitrogens with zero attached hydrogens (tertiary/aromatic N) is 1. The van der Waals surface area contributed by atoms with Crippen molar-refractivity contribution in [1.29, 1.82) is 0 Å². The van der Waals surface area contributed by atoms with Gasteiger partial charge in [-0.2, -0.15) is 0 Å². The maximum absolute atomic E-state index is 11.5. The van der Waals surface area contributed by atoms with E-state index >= 15 is 0 Å². The Balaban J connectivity index is 1.86. The standard InChI is InChI=1S/C16H15Cl2NO2S/c17-12-7-11(8-13(18)9-12)15-1-2-16(22-15)14(10-20)19-3-5-21-6-4-19/h1-2,7-10,14H,3-6H2/t14-/m0/s1. The van der Waals surface area contributed by atoms with Crippen LogP contribution in [0.15, 0.2) is 30.3 Å². The van der Waals surface area contributed by atoms with Crippen LogP contribution in [-0.2, 0) is 9.53 Å². The molecule has 1 aliphatic rings. The summed E-state index contributed by atoms with van der Waals surface area (Å²) in [4.78, 5) is 15.8. The highest BCUT2D eigenvalue weighted by Crippen LogP contribution is 2.35. The number of halogens is 2. The SMILES string of the molecule is O=C[C@@H](c1ccc(-c2cc(Cl)cc(Cl)c2)s1)N1CCOCC1. The van der Waals surface area contributed by atoms with Gasteiger partial charge in [0.2, 0.25) is 0 Å². The molecule has 0 bridgehead atoms. The second-order valence-corrected chi connectivity index (χ2v) is 7.08. The van der Waals surface area contributed by atoms with Crippen LogP contribution in [0, 0.1) is 0 Å². The third kappa shape index (κ3) is 3.53. The minimum Gasteiger partial charge on any atom is -0.379 e. The lowest BCUT2D eigenvalue weighted by Crippen LogP contribution is -2.39. The Bertz CT molecular complexity index is 648. The van der Waals surface area contributed by atoms with Crippen molar-refractivity contribution in [1.82, 2.24) is 4.90 Å². The second-order valence-electron chi connectivity index (χ2n) is 5.09. The van der Waals surface area contributed by atoms with Crippen LogP contribution in [0.25, 0.3) is 10.4 Å². The number of benzene rings is 1. The van der Waals surface area contributed by atoms with Crippen molar-refractivity contribution < 1.29 is 9.53 Å². The maximum Gasteiger partial charge on any atom is 0.142 e. The topological polar surface area (TPSA) is 29.5 Å². The van der Waals surface area contributed by atoms with Gasteiger partial charge in [0.25, 0.3) is 0 Å². The number of carbonyl (C=O) groups excluding carboxylic acids is 1. The summed E-state index contributed by atoms with van der Waals surface area (Å²) in [6.07, 6.45) is 1.01. The van der Waals surface area contributed by atoms with Crippen molar-refractivity contribution in [3.05, 3.63) is 45.3 Å². The first-order valence-corrected chi connectivity index (χ1v) is 8.58. The Morgan fingerprint density at radius 2 is 1.82 bits per heavy atom. The van der Waals surface area contributed by atoms with Crippen molar-refractivity contribution >= 4 is 40.8 Å². The number of morpholine rings is 1. The molecule has 0 aliphatic carbocycles. The summed E-state index contributed by atoms with van der Waals surface area (Å²) in [6.45, 7) is 2.90. The van der Waals surface area contributed by atoms with Crippen LogP contribution in [0.3, 0.4) is 0 Å². The third-order valence-electron chi connectivity index (χ3n) is 3.63. The van der Waals surface area contributed by atoms with E-state index in [2.05, 4.69) is 4.90 Å². The Morgan fingerprint density at radius 3 is 2.45 bits per heavy atom. The average molecular weight is 356 g/mol. The smallest absolute Gasteiger partial charge is 0.142 e. The van der Waals surface area contributed by atoms with E-state index in [1.165, 1.54) is 0 Å². The fourth-order valence-corrected chi connectivity index (χ4v) is 4.16. The molecule has 0 saturated carbocycles. The monoisotopic (exact) mass is 355 g/mol. The lowest BCUT2D eigenvalue weighted by Gasteiger charge is -2.30. The number of hydrogen-bond donors (Lipinski definition) is 0. The van der Waals surface area contributed by atoms with Gasteiger partial charge in [-0.15, -0.1) is 11.3 Å². The summed E-state index contributed by atoms with van der Waals surface area (Å²) >= 11 is 13.7. The number of carbonyl (C=O) groups is 1. The normalized spacial score (nSPS) is 17.4. The zero-order valence-corrected chi connectivity index (χ0v) is 14.1. The van der Waals surface area contributed by atoms with E-state index in [9.17, 15) is 4.79 Å². The second kappa shape index (κ2) is 7.11. The Kier molecular flexibility index (Phi) is 5.16. The van der Waals surface area contributed by atoms with E-state index in [4.69, 9.17) is 27.9 Å². The molecule has 2 heterocycles. The highest BCUT2D eigenvalue weighted by Gasteiger charge is 2.23. The molecule has 0 radical (unpaired) electrons. The molecule has 1 atom stereocenters. The minimum atomic E-state index is -0.211. The molecule has 3 nitrogen and oxygen atoms in total. The maximum atomic E-state index is 11.5. The quantitative estimate of drug-likeness (QED) is 0.766. The molecule has 2 aromatic rings. The molecule has 0 spiro atoms. The molecule has 1 aliphatic heterocycles. The fraction of sp³-hybridized carbons (Fsp3) is 0.312. The van der Waals surface area contributed by atoms with Gasteiger partial charge in [-0.25, -0.2) is 0 Å². The van der Waals surface area contributed by atoms with Gasteiger partial charge in [0.1, 0.15) is 12.3 Å². The van der Waals surface area contributed by atoms with Gasteiger partial charge in [0, 0.05) is 32.9 Å². The van der Waals surface area contributed by atoms with E-state index in [0.717, 1.165) is 34.7 Å². The lowest BCUT2D eigenvalue weighted by atomic mass is 10.2. The van der Waals surface area contributed by atoms with Crippen LogP contribution >= 0.6 is 34.5 Å². The molecule has 1 aromatic carbocycles. The molecule has 1 aromatic heterocycles. The van der Waals surface area contributed by atoms with Crippen molar-refractivity contribution in [2.24, 2.45) is 0 Å². The zero-order chi connectivity index (χ0) is 15.5. The predicted octanol–water partition coefficient (Wildman–Crippen LogP) is 4.29. The number of thiophene rings is 1. The van der Waals surface area contributed by atoms with Gasteiger partial charge < -0.3 is 9.53 Å². The Morgan fingerprint density at radius 1 is 1.14 bits per heavy atom. The molecule has 1 saturated heterocycles. The first kappa shape index (κ1) is 16.0. The van der Waals surface area contributed by atoms with Crippen molar-refractivity contribution in [3.8, 4) is 10.4 Å². The van der Waals surface area contributed by atoms with Crippen molar-refractivity contribution in [3.63, 3.8) is 0 Å². The molecule has 22 heavy (non-hydrogen) atoms. The van der Waals surface area contributed by atoms with Crippen LogP contribution in [0.1, 0.15) is 10.9 Å². The average Bonchev–Trinajstić information content (AvgIpc) is 2.98. The largest absolute Gasteiger partial charge is 0.379 e. The molecule has 116 valence electrons. The van der Waals surface area contributed by atoms with Crippen LogP contribution < -0.4 is 0 Å². The molecule has 0 amide bonds. The molecule has 0 N–H and O–H groups in total. The third-order valence-corrected chi connectivity index (χ3v) is 5.27. The van der Waals surface area contributed by atoms with Crippen LogP contribution in [0.5, 0.6) is 0 Å². The first-order valence-electron chi connectivity index (χ1n) is 7.00. The summed E-state index contributed by atoms with van der Waals surface area (Å²) in [5, 5.41) is 1.22. The molecule has 6 heteroatoms. The van der Waals surface area contributed by atoms with Gasteiger partial charge in [0.05, 0.1) is 13.2 Å². The summed E-state index contributed by atoms with van der Waals surface area (Å²) in [5.74, 6) is 0. The molecule has 0 unspecified atom stereocenters. The Labute approximate surface area is 143 Å².